The molecule has 0 amide bonds. The van der Waals surface area contributed by atoms with Crippen molar-refractivity contribution in [3.8, 4) is 17.1 Å². The predicted molar refractivity (Wildman–Crippen MR) is 95.8 cm³/mol. The van der Waals surface area contributed by atoms with Crippen LogP contribution in [0.4, 0.5) is 0 Å². The van der Waals surface area contributed by atoms with Crippen LogP contribution in [0.15, 0.2) is 23.4 Å². The minimum Gasteiger partial charge on any atom is -0.480 e. The zero-order valence-electron chi connectivity index (χ0n) is 14.6. The molecule has 4 rings (SSSR count). The van der Waals surface area contributed by atoms with Crippen molar-refractivity contribution in [2.45, 2.75) is 11.8 Å². The molecule has 1 N–H and O–H groups in total. The molecular formula is C16H16N6O3S. The maximum absolute atomic E-state index is 12.1. The Morgan fingerprint density at radius 3 is 2.62 bits per heavy atom. The number of hydrogen-bond acceptors (Lipinski definition) is 7. The Morgan fingerprint density at radius 1 is 1.23 bits per heavy atom. The predicted octanol–water partition coefficient (Wildman–Crippen LogP) is 1.63. The van der Waals surface area contributed by atoms with Crippen LogP contribution in [0.1, 0.15) is 5.69 Å². The Hall–Kier alpha value is -3.01. The van der Waals surface area contributed by atoms with E-state index >= 15 is 0 Å². The average Bonchev–Trinajstić information content (AvgIpc) is 3.12. The topological polar surface area (TPSA) is 116 Å². The number of H-pyrrole nitrogens is 1. The molecule has 0 saturated heterocycles. The summed E-state index contributed by atoms with van der Waals surface area (Å²) in [5, 5.41) is 8.60. The molecule has 4 aromatic rings. The van der Waals surface area contributed by atoms with Crippen LogP contribution >= 0.6 is 0 Å². The highest BCUT2D eigenvalue weighted by Gasteiger charge is 2.21. The highest BCUT2D eigenvalue weighted by molar-refractivity contribution is 7.91. The van der Waals surface area contributed by atoms with Crippen LogP contribution in [0.3, 0.4) is 0 Å². The fraction of sp³-hybridized carbons (Fsp3) is 0.250. The summed E-state index contributed by atoms with van der Waals surface area (Å²) in [7, 11) is -0.179. The van der Waals surface area contributed by atoms with Gasteiger partial charge in [0.15, 0.2) is 9.84 Å². The molecule has 0 unspecified atom stereocenters. The van der Waals surface area contributed by atoms with Gasteiger partial charge < -0.3 is 9.72 Å². The molecule has 0 spiro atoms. The van der Waals surface area contributed by atoms with E-state index in [1.807, 2.05) is 13.0 Å². The first-order chi connectivity index (χ1) is 12.3. The maximum Gasteiger partial charge on any atom is 0.224 e. The minimum atomic E-state index is -3.47. The Labute approximate surface area is 148 Å². The lowest BCUT2D eigenvalue weighted by molar-refractivity contribution is 0.403. The van der Waals surface area contributed by atoms with Gasteiger partial charge in [-0.1, -0.05) is 5.21 Å². The van der Waals surface area contributed by atoms with E-state index in [0.29, 0.717) is 27.8 Å². The number of nitrogens with one attached hydrogen (secondary N) is 1. The van der Waals surface area contributed by atoms with E-state index in [4.69, 9.17) is 4.74 Å². The van der Waals surface area contributed by atoms with Gasteiger partial charge in [-0.15, -0.1) is 5.10 Å². The van der Waals surface area contributed by atoms with E-state index in [-0.39, 0.29) is 4.90 Å². The highest BCUT2D eigenvalue weighted by atomic mass is 32.2. The third-order valence-corrected chi connectivity index (χ3v) is 5.36. The van der Waals surface area contributed by atoms with Gasteiger partial charge in [0.25, 0.3) is 0 Å². The molecule has 10 heteroatoms. The first-order valence-corrected chi connectivity index (χ1v) is 9.61. The van der Waals surface area contributed by atoms with Gasteiger partial charge in [-0.05, 0) is 13.0 Å². The molecule has 0 aliphatic heterocycles. The summed E-state index contributed by atoms with van der Waals surface area (Å²) in [6, 6.07) is 1.89. The van der Waals surface area contributed by atoms with Gasteiger partial charge in [0.05, 0.1) is 41.1 Å². The van der Waals surface area contributed by atoms with Crippen molar-refractivity contribution in [1.82, 2.24) is 29.9 Å². The van der Waals surface area contributed by atoms with E-state index in [2.05, 4.69) is 25.3 Å². The number of aryl methyl sites for hydroxylation is 2. The summed E-state index contributed by atoms with van der Waals surface area (Å²) in [5.41, 5.74) is 4.13. The number of rotatable bonds is 3. The average molecular weight is 372 g/mol. The standard InChI is InChI=1S/C16H16N6O3S/c1-8-15(22(2)21-20-8)9-5-10-13(17-6-9)12-14(19-10)11(26(4,23)24)7-18-16(12)25-3/h5-7,19H,1-4H3. The van der Waals surface area contributed by atoms with Crippen molar-refractivity contribution in [1.29, 1.82) is 0 Å². The van der Waals surface area contributed by atoms with Gasteiger partial charge in [0.2, 0.25) is 5.88 Å². The van der Waals surface area contributed by atoms with Crippen LogP contribution in [0, 0.1) is 6.92 Å². The lowest BCUT2D eigenvalue weighted by Crippen LogP contribution is -2.00. The monoisotopic (exact) mass is 372 g/mol. The summed E-state index contributed by atoms with van der Waals surface area (Å²) in [6.07, 6.45) is 4.14. The molecule has 26 heavy (non-hydrogen) atoms. The number of aromatic amines is 1. The van der Waals surface area contributed by atoms with Gasteiger partial charge >= 0.3 is 0 Å². The number of aromatic nitrogens is 6. The van der Waals surface area contributed by atoms with Gasteiger partial charge in [-0.2, -0.15) is 0 Å². The van der Waals surface area contributed by atoms with Gasteiger partial charge in [-0.3, -0.25) is 4.98 Å². The molecule has 134 valence electrons. The molecule has 0 bridgehead atoms. The van der Waals surface area contributed by atoms with Crippen molar-refractivity contribution < 1.29 is 13.2 Å². The number of pyridine rings is 2. The van der Waals surface area contributed by atoms with Crippen LogP contribution < -0.4 is 4.74 Å². The van der Waals surface area contributed by atoms with E-state index in [0.717, 1.165) is 23.2 Å². The summed E-state index contributed by atoms with van der Waals surface area (Å²) in [4.78, 5) is 11.9. The first-order valence-electron chi connectivity index (χ1n) is 7.72. The molecule has 0 atom stereocenters. The molecular weight excluding hydrogens is 356 g/mol. The fourth-order valence-corrected chi connectivity index (χ4v) is 3.90. The summed E-state index contributed by atoms with van der Waals surface area (Å²) in [5.74, 6) is 0.317. The molecule has 0 saturated carbocycles. The Morgan fingerprint density at radius 2 is 2.00 bits per heavy atom. The van der Waals surface area contributed by atoms with Gasteiger partial charge in [-0.25, -0.2) is 18.1 Å². The zero-order valence-corrected chi connectivity index (χ0v) is 15.4. The molecule has 4 heterocycles. The molecule has 0 aliphatic rings. The molecule has 0 aromatic carbocycles. The zero-order chi connectivity index (χ0) is 18.6. The van der Waals surface area contributed by atoms with Gasteiger partial charge in [0, 0.05) is 25.1 Å². The van der Waals surface area contributed by atoms with Gasteiger partial charge in [0.1, 0.15) is 10.4 Å². The van der Waals surface area contributed by atoms with Crippen molar-refractivity contribution in [3.63, 3.8) is 0 Å². The van der Waals surface area contributed by atoms with E-state index in [1.165, 1.54) is 13.3 Å². The summed E-state index contributed by atoms with van der Waals surface area (Å²) in [6.45, 7) is 1.87. The second-order valence-corrected chi connectivity index (χ2v) is 8.03. The molecule has 4 aromatic heterocycles. The third-order valence-electron chi connectivity index (χ3n) is 4.25. The Balaban J connectivity index is 2.09. The number of ether oxygens (including phenoxy) is 1. The third kappa shape index (κ3) is 2.33. The second-order valence-electron chi connectivity index (χ2n) is 6.05. The van der Waals surface area contributed by atoms with Crippen molar-refractivity contribution in [2.24, 2.45) is 7.05 Å². The van der Waals surface area contributed by atoms with Crippen molar-refractivity contribution in [2.75, 3.05) is 13.4 Å². The number of methoxy groups -OCH3 is 1. The highest BCUT2D eigenvalue weighted by Crippen LogP contribution is 2.35. The number of hydrogen-bond donors (Lipinski definition) is 1. The number of nitrogens with zero attached hydrogens (tertiary/aromatic N) is 5. The van der Waals surface area contributed by atoms with E-state index < -0.39 is 9.84 Å². The first kappa shape index (κ1) is 16.5. The second kappa shape index (κ2) is 5.49. The van der Waals surface area contributed by atoms with Crippen LogP contribution in [-0.2, 0) is 16.9 Å². The number of sulfone groups is 1. The Bertz CT molecular complexity index is 1250. The lowest BCUT2D eigenvalue weighted by Gasteiger charge is -2.04. The quantitative estimate of drug-likeness (QED) is 0.581. The van der Waals surface area contributed by atoms with E-state index in [9.17, 15) is 8.42 Å². The molecule has 0 fully saturated rings. The Kier molecular flexibility index (Phi) is 3.48. The lowest BCUT2D eigenvalue weighted by atomic mass is 10.1. The largest absolute Gasteiger partial charge is 0.480 e. The number of fused-ring (bicyclic) bond motifs is 3. The molecule has 9 nitrogen and oxygen atoms in total. The fourth-order valence-electron chi connectivity index (χ4n) is 3.14. The maximum atomic E-state index is 12.1. The normalized spacial score (nSPS) is 12.2. The van der Waals surface area contributed by atoms with Crippen LogP contribution in [0.2, 0.25) is 0 Å². The van der Waals surface area contributed by atoms with Crippen molar-refractivity contribution in [3.05, 3.63) is 24.2 Å². The van der Waals surface area contributed by atoms with E-state index in [1.54, 1.807) is 17.9 Å². The smallest absolute Gasteiger partial charge is 0.224 e. The summed E-state index contributed by atoms with van der Waals surface area (Å²) >= 11 is 0. The van der Waals surface area contributed by atoms with Crippen molar-refractivity contribution >= 4 is 31.8 Å². The van der Waals surface area contributed by atoms with Crippen LogP contribution in [0.25, 0.3) is 33.2 Å². The molecule has 0 aliphatic carbocycles. The van der Waals surface area contributed by atoms with Crippen LogP contribution in [-0.4, -0.2) is 51.7 Å². The summed E-state index contributed by atoms with van der Waals surface area (Å²) < 4.78 is 31.2. The SMILES string of the molecule is COc1ncc(S(C)(=O)=O)c2[nH]c3cc(-c4c(C)nnn4C)cnc3c12. The minimum absolute atomic E-state index is 0.103. The molecule has 0 radical (unpaired) electrons. The van der Waals surface area contributed by atoms with Crippen LogP contribution in [0.5, 0.6) is 5.88 Å².